The second-order valence-electron chi connectivity index (χ2n) is 12.9. The number of thioether (sulfide) groups is 1. The van der Waals surface area contributed by atoms with E-state index in [4.69, 9.17) is 22.7 Å². The van der Waals surface area contributed by atoms with Crippen LogP contribution in [0.25, 0.3) is 0 Å². The minimum absolute atomic E-state index is 0.00608. The van der Waals surface area contributed by atoms with Gasteiger partial charge in [0.15, 0.2) is 13.4 Å². The van der Waals surface area contributed by atoms with E-state index in [1.807, 2.05) is 20.8 Å². The molecule has 0 spiro atoms. The van der Waals surface area contributed by atoms with Crippen LogP contribution in [0, 0.1) is 16.0 Å². The Morgan fingerprint density at radius 2 is 1.51 bits per heavy atom. The molecule has 12 nitrogen and oxygen atoms in total. The summed E-state index contributed by atoms with van der Waals surface area (Å²) in [6.07, 6.45) is 3.84. The van der Waals surface area contributed by atoms with Crippen LogP contribution in [0.4, 0.5) is 5.69 Å². The Hall–Kier alpha value is -2.06. The number of rotatable bonds is 20. The summed E-state index contributed by atoms with van der Waals surface area (Å²) in [6.45, 7) is 17.2. The predicted octanol–water partition coefficient (Wildman–Crippen LogP) is 7.33. The van der Waals surface area contributed by atoms with Crippen LogP contribution in [-0.2, 0) is 43.7 Å². The van der Waals surface area contributed by atoms with Gasteiger partial charge in [0.2, 0.25) is 11.3 Å². The lowest BCUT2D eigenvalue weighted by molar-refractivity contribution is -0.384. The molecule has 0 N–H and O–H groups in total. The molecule has 1 amide bonds. The fourth-order valence-electron chi connectivity index (χ4n) is 4.53. The van der Waals surface area contributed by atoms with Gasteiger partial charge in [-0.25, -0.2) is 4.79 Å². The highest BCUT2D eigenvalue weighted by molar-refractivity contribution is 8.13. The number of amides is 1. The molecule has 1 aliphatic heterocycles. The summed E-state index contributed by atoms with van der Waals surface area (Å²) < 4.78 is 31.0. The minimum Gasteiger partial charge on any atom is -0.456 e. The lowest BCUT2D eigenvalue weighted by Crippen LogP contribution is -2.65. The fourth-order valence-corrected chi connectivity index (χ4v) is 8.58. The topological polar surface area (TPSA) is 144 Å². The molecule has 1 heterocycles. The Morgan fingerprint density at radius 1 is 0.979 bits per heavy atom. The van der Waals surface area contributed by atoms with Gasteiger partial charge in [0, 0.05) is 25.2 Å². The zero-order valence-electron chi connectivity index (χ0n) is 29.4. The lowest BCUT2D eigenvalue weighted by Gasteiger charge is -2.49. The van der Waals surface area contributed by atoms with Crippen molar-refractivity contribution in [3.8, 4) is 0 Å². The molecule has 2 atom stereocenters. The number of likely N-dealkylation sites (tertiary alicyclic amines) is 1. The van der Waals surface area contributed by atoms with Gasteiger partial charge in [-0.15, -0.1) is 0 Å². The van der Waals surface area contributed by atoms with E-state index in [0.29, 0.717) is 37.9 Å². The number of nitro groups is 1. The van der Waals surface area contributed by atoms with Crippen molar-refractivity contribution in [2.24, 2.45) is 5.92 Å². The van der Waals surface area contributed by atoms with Gasteiger partial charge >= 0.3 is 5.97 Å². The predicted molar refractivity (Wildman–Crippen MR) is 189 cm³/mol. The van der Waals surface area contributed by atoms with Crippen LogP contribution in [0.1, 0.15) is 79.2 Å². The Labute approximate surface area is 285 Å². The van der Waals surface area contributed by atoms with Crippen LogP contribution in [0.15, 0.2) is 24.3 Å². The summed E-state index contributed by atoms with van der Waals surface area (Å²) in [4.78, 5) is 53.1. The number of carbonyl (C=O) groups is 3. The maximum Gasteiger partial charge on any atom is 0.362 e. The smallest absolute Gasteiger partial charge is 0.362 e. The number of hydrogen-bond donors (Lipinski definition) is 0. The molecular weight excluding hydrogens is 663 g/mol. The number of carbonyl (C=O) groups excluding carboxylic acids is 3. The standard InChI is InChI=1S/C32H53N2O10PSSi/c1-10-18-41-45(42-19-11-2,43-20-12-3)30(31(37)40-23-24-13-15-25(16-14-24)34(38)39)33-27(22-28(35)46-7)26(29(33)36)17-21-44-47(8,9)32(4,5)6/h13-16,26-27H,10-12,17-23H2,1-9H3. The van der Waals surface area contributed by atoms with E-state index in [0.717, 1.165) is 11.8 Å². The van der Waals surface area contributed by atoms with Crippen molar-refractivity contribution in [3.63, 3.8) is 0 Å². The molecule has 1 aromatic rings. The molecule has 2 rings (SSSR count). The fraction of sp³-hybridized carbons (Fsp3) is 0.688. The molecule has 0 aliphatic carbocycles. The van der Waals surface area contributed by atoms with Crippen molar-refractivity contribution in [2.75, 3.05) is 32.7 Å². The number of esters is 1. The van der Waals surface area contributed by atoms with Crippen LogP contribution in [0.2, 0.25) is 18.1 Å². The van der Waals surface area contributed by atoms with Crippen molar-refractivity contribution >= 4 is 55.7 Å². The summed E-state index contributed by atoms with van der Waals surface area (Å²) >= 11 is 1.06. The highest BCUT2D eigenvalue weighted by atomic mass is 32.2. The number of non-ortho nitro benzene ring substituents is 1. The molecule has 0 bridgehead atoms. The normalized spacial score (nSPS) is 17.0. The first-order valence-electron chi connectivity index (χ1n) is 16.2. The first-order chi connectivity index (χ1) is 22.1. The maximum atomic E-state index is 14.2. The molecule has 15 heteroatoms. The highest BCUT2D eigenvalue weighted by Crippen LogP contribution is 2.56. The Bertz CT molecular complexity index is 1260. The van der Waals surface area contributed by atoms with E-state index in [1.54, 1.807) is 6.26 Å². The van der Waals surface area contributed by atoms with Crippen LogP contribution >= 0.6 is 19.3 Å². The first kappa shape index (κ1) is 41.1. The quantitative estimate of drug-likeness (QED) is 0.0334. The van der Waals surface area contributed by atoms with Gasteiger partial charge in [0.1, 0.15) is 6.61 Å². The summed E-state index contributed by atoms with van der Waals surface area (Å²) in [5.41, 5.74) is 0.248. The maximum absolute atomic E-state index is 14.2. The largest absolute Gasteiger partial charge is 0.456 e. The van der Waals surface area contributed by atoms with Crippen molar-refractivity contribution in [3.05, 3.63) is 39.9 Å². The third-order valence-electron chi connectivity index (χ3n) is 8.24. The molecule has 1 saturated heterocycles. The molecular formula is C32H53N2O10PSSi. The first-order valence-corrected chi connectivity index (χ1v) is 21.9. The number of nitrogens with zero attached hydrogens (tertiary/aromatic N) is 2. The van der Waals surface area contributed by atoms with Crippen LogP contribution < -0.4 is 0 Å². The zero-order chi connectivity index (χ0) is 35.4. The monoisotopic (exact) mass is 716 g/mol. The van der Waals surface area contributed by atoms with Gasteiger partial charge in [-0.2, -0.15) is 0 Å². The van der Waals surface area contributed by atoms with E-state index < -0.39 is 38.7 Å². The molecule has 1 fully saturated rings. The summed E-state index contributed by atoms with van der Waals surface area (Å²) in [6, 6.07) is 4.98. The molecule has 0 aromatic heterocycles. The second-order valence-corrected chi connectivity index (χ2v) is 20.7. The van der Waals surface area contributed by atoms with Crippen LogP contribution in [0.5, 0.6) is 0 Å². The Balaban J connectivity index is 2.62. The highest BCUT2D eigenvalue weighted by Gasteiger charge is 2.54. The van der Waals surface area contributed by atoms with Crippen LogP contribution in [-0.4, -0.2) is 79.3 Å². The van der Waals surface area contributed by atoms with Gasteiger partial charge in [-0.1, -0.05) is 53.3 Å². The second kappa shape index (κ2) is 18.6. The van der Waals surface area contributed by atoms with E-state index >= 15 is 0 Å². The molecule has 47 heavy (non-hydrogen) atoms. The summed E-state index contributed by atoms with van der Waals surface area (Å²) in [5.74, 6) is -1.79. The number of hydrogen-bond acceptors (Lipinski definition) is 11. The van der Waals surface area contributed by atoms with Crippen molar-refractivity contribution in [1.29, 1.82) is 0 Å². The van der Waals surface area contributed by atoms with E-state index in [9.17, 15) is 24.5 Å². The summed E-state index contributed by atoms with van der Waals surface area (Å²) in [7, 11) is -5.78. The van der Waals surface area contributed by atoms with Gasteiger partial charge < -0.3 is 22.7 Å². The van der Waals surface area contributed by atoms with E-state index in [2.05, 4.69) is 33.9 Å². The minimum atomic E-state index is -3.69. The molecule has 2 unspecified atom stereocenters. The summed E-state index contributed by atoms with van der Waals surface area (Å²) in [5, 5.41) is 11.0. The van der Waals surface area contributed by atoms with Crippen molar-refractivity contribution in [2.45, 2.75) is 104 Å². The average Bonchev–Trinajstić information content (AvgIpc) is 3.03. The molecule has 1 aromatic carbocycles. The van der Waals surface area contributed by atoms with Gasteiger partial charge in [0.25, 0.3) is 13.3 Å². The molecule has 0 radical (unpaired) electrons. The van der Waals surface area contributed by atoms with E-state index in [-0.39, 0.29) is 60.0 Å². The average molecular weight is 717 g/mol. The van der Waals surface area contributed by atoms with Crippen molar-refractivity contribution in [1.82, 2.24) is 4.90 Å². The van der Waals surface area contributed by atoms with Gasteiger partial charge in [-0.3, -0.25) is 24.6 Å². The number of nitro benzene ring substituents is 1. The number of β-lactam (4-membered cyclic amide) rings is 1. The SMILES string of the molecule is CCCOP(OCCC)(OCCC)=C(C(=O)OCc1ccc([N+](=O)[O-])cc1)N1C(=O)C(CCO[Si](C)(C)C(C)(C)C)C1CC(=O)SC. The zero-order valence-corrected chi connectivity index (χ0v) is 32.1. The third kappa shape index (κ3) is 11.0. The van der Waals surface area contributed by atoms with E-state index in [1.165, 1.54) is 29.2 Å². The van der Waals surface area contributed by atoms with Gasteiger partial charge in [-0.05, 0) is 67.8 Å². The lowest BCUT2D eigenvalue weighted by atomic mass is 9.83. The third-order valence-corrected chi connectivity index (χ3v) is 15.9. The Kier molecular flexibility index (Phi) is 16.3. The molecule has 266 valence electrons. The van der Waals surface area contributed by atoms with Crippen molar-refractivity contribution < 1.29 is 42.0 Å². The van der Waals surface area contributed by atoms with Gasteiger partial charge in [0.05, 0.1) is 36.7 Å². The number of ether oxygens (including phenoxy) is 1. The van der Waals surface area contributed by atoms with Crippen LogP contribution in [0.3, 0.4) is 0 Å². The number of benzene rings is 1. The molecule has 0 saturated carbocycles. The molecule has 1 aliphatic rings. The Morgan fingerprint density at radius 3 is 1.96 bits per heavy atom.